The van der Waals surface area contributed by atoms with Crippen molar-refractivity contribution >= 4 is 0 Å². The fourth-order valence-electron chi connectivity index (χ4n) is 1.75. The van der Waals surface area contributed by atoms with Crippen LogP contribution in [0.1, 0.15) is 18.1 Å². The van der Waals surface area contributed by atoms with E-state index < -0.39 is 11.7 Å². The third-order valence-corrected chi connectivity index (χ3v) is 2.90. The molecule has 0 saturated carbocycles. The lowest BCUT2D eigenvalue weighted by Gasteiger charge is -2.39. The van der Waals surface area contributed by atoms with E-state index in [1.807, 2.05) is 6.92 Å². The molecular formula is C12H14F3NO. The van der Waals surface area contributed by atoms with Gasteiger partial charge in [-0.1, -0.05) is 18.2 Å². The molecule has 0 unspecified atom stereocenters. The van der Waals surface area contributed by atoms with Gasteiger partial charge >= 0.3 is 6.18 Å². The second kappa shape index (κ2) is 4.31. The van der Waals surface area contributed by atoms with Crippen LogP contribution in [0.15, 0.2) is 24.3 Å². The van der Waals surface area contributed by atoms with Gasteiger partial charge in [-0.15, -0.1) is 0 Å². The number of ether oxygens (including phenoxy) is 1. The average molecular weight is 245 g/mol. The van der Waals surface area contributed by atoms with Gasteiger partial charge in [-0.05, 0) is 18.6 Å². The summed E-state index contributed by atoms with van der Waals surface area (Å²) in [5.74, 6) is 0. The largest absolute Gasteiger partial charge is 0.416 e. The third-order valence-electron chi connectivity index (χ3n) is 2.90. The van der Waals surface area contributed by atoms with Crippen LogP contribution >= 0.6 is 0 Å². The van der Waals surface area contributed by atoms with Gasteiger partial charge in [0.25, 0.3) is 0 Å². The minimum Gasteiger partial charge on any atom is -0.368 e. The molecule has 0 radical (unpaired) electrons. The minimum atomic E-state index is -4.32. The highest BCUT2D eigenvalue weighted by Gasteiger charge is 2.35. The summed E-state index contributed by atoms with van der Waals surface area (Å²) in [6, 6.07) is 5.52. The summed E-state index contributed by atoms with van der Waals surface area (Å²) in [6.45, 7) is 3.25. The van der Waals surface area contributed by atoms with E-state index in [1.165, 1.54) is 12.1 Å². The van der Waals surface area contributed by atoms with E-state index in [1.54, 1.807) is 6.07 Å². The average Bonchev–Trinajstić information content (AvgIpc) is 2.23. The molecule has 2 nitrogen and oxygen atoms in total. The molecule has 1 aromatic carbocycles. The first-order chi connectivity index (χ1) is 7.91. The van der Waals surface area contributed by atoms with Gasteiger partial charge in [-0.3, -0.25) is 0 Å². The summed E-state index contributed by atoms with van der Waals surface area (Å²) in [7, 11) is 0. The van der Waals surface area contributed by atoms with Gasteiger partial charge < -0.3 is 10.1 Å². The number of rotatable bonds is 3. The molecule has 0 spiro atoms. The molecule has 1 N–H and O–H groups in total. The van der Waals surface area contributed by atoms with Crippen molar-refractivity contribution < 1.29 is 17.9 Å². The number of hydrogen-bond acceptors (Lipinski definition) is 2. The lowest BCUT2D eigenvalue weighted by Crippen LogP contribution is -2.58. The van der Waals surface area contributed by atoms with Gasteiger partial charge in [0.15, 0.2) is 0 Å². The molecule has 1 heterocycles. The van der Waals surface area contributed by atoms with Gasteiger partial charge in [-0.2, -0.15) is 13.2 Å². The Kier molecular flexibility index (Phi) is 3.14. The highest BCUT2D eigenvalue weighted by atomic mass is 19.4. The normalized spacial score (nSPS) is 18.8. The van der Waals surface area contributed by atoms with Crippen molar-refractivity contribution in [2.75, 3.05) is 13.1 Å². The van der Waals surface area contributed by atoms with Crippen LogP contribution in [0.2, 0.25) is 0 Å². The van der Waals surface area contributed by atoms with Crippen LogP contribution in [-0.4, -0.2) is 18.7 Å². The van der Waals surface area contributed by atoms with E-state index in [0.717, 1.165) is 6.07 Å². The van der Waals surface area contributed by atoms with E-state index in [2.05, 4.69) is 5.32 Å². The van der Waals surface area contributed by atoms with Gasteiger partial charge in [-0.25, -0.2) is 0 Å². The predicted molar refractivity (Wildman–Crippen MR) is 57.5 cm³/mol. The lowest BCUT2D eigenvalue weighted by atomic mass is 9.99. The van der Waals surface area contributed by atoms with Crippen molar-refractivity contribution in [3.8, 4) is 0 Å². The van der Waals surface area contributed by atoms with Crippen LogP contribution in [0.3, 0.4) is 0 Å². The number of hydrogen-bond donors (Lipinski definition) is 1. The standard InChI is InChI=1S/C12H14F3NO/c1-11(7-16-8-11)17-6-9-4-2-3-5-10(9)12(13,14)15/h2-5,16H,6-8H2,1H3. The van der Waals surface area contributed by atoms with Crippen LogP contribution in [0.5, 0.6) is 0 Å². The maximum atomic E-state index is 12.7. The van der Waals surface area contributed by atoms with E-state index in [-0.39, 0.29) is 17.8 Å². The third kappa shape index (κ3) is 2.79. The van der Waals surface area contributed by atoms with Crippen LogP contribution in [0, 0.1) is 0 Å². The molecule has 1 aliphatic heterocycles. The Morgan fingerprint density at radius 1 is 1.29 bits per heavy atom. The number of halogens is 3. The summed E-state index contributed by atoms with van der Waals surface area (Å²) in [6.07, 6.45) is -4.32. The van der Waals surface area contributed by atoms with E-state index in [0.29, 0.717) is 13.1 Å². The first kappa shape index (κ1) is 12.4. The Hall–Kier alpha value is -1.07. The Labute approximate surface area is 97.8 Å². The van der Waals surface area contributed by atoms with Crippen molar-refractivity contribution in [3.63, 3.8) is 0 Å². The molecule has 0 aliphatic carbocycles. The number of alkyl halides is 3. The highest BCUT2D eigenvalue weighted by molar-refractivity contribution is 5.29. The Morgan fingerprint density at radius 2 is 1.94 bits per heavy atom. The van der Waals surface area contributed by atoms with Crippen LogP contribution < -0.4 is 5.32 Å². The summed E-state index contributed by atoms with van der Waals surface area (Å²) in [5, 5.41) is 3.04. The second-order valence-electron chi connectivity index (χ2n) is 4.50. The summed E-state index contributed by atoms with van der Waals surface area (Å²) in [5.41, 5.74) is -0.761. The second-order valence-corrected chi connectivity index (χ2v) is 4.50. The molecule has 1 fully saturated rings. The molecule has 1 saturated heterocycles. The lowest BCUT2D eigenvalue weighted by molar-refractivity contribution is -0.140. The van der Waals surface area contributed by atoms with Crippen molar-refractivity contribution in [1.29, 1.82) is 0 Å². The van der Waals surface area contributed by atoms with Crippen molar-refractivity contribution in [1.82, 2.24) is 5.32 Å². The fourth-order valence-corrected chi connectivity index (χ4v) is 1.75. The Balaban J connectivity index is 2.10. The summed E-state index contributed by atoms with van der Waals surface area (Å²) in [4.78, 5) is 0. The Morgan fingerprint density at radius 3 is 2.47 bits per heavy atom. The fraction of sp³-hybridized carbons (Fsp3) is 0.500. The van der Waals surface area contributed by atoms with Gasteiger partial charge in [0.2, 0.25) is 0 Å². The first-order valence-corrected chi connectivity index (χ1v) is 5.40. The van der Waals surface area contributed by atoms with E-state index >= 15 is 0 Å². The molecule has 0 amide bonds. The van der Waals surface area contributed by atoms with Crippen LogP contribution in [-0.2, 0) is 17.5 Å². The molecule has 1 aromatic rings. The van der Waals surface area contributed by atoms with Crippen molar-refractivity contribution in [3.05, 3.63) is 35.4 Å². The van der Waals surface area contributed by atoms with Gasteiger partial charge in [0.1, 0.15) is 0 Å². The van der Waals surface area contributed by atoms with Crippen molar-refractivity contribution in [2.45, 2.75) is 25.3 Å². The molecule has 0 aromatic heterocycles. The first-order valence-electron chi connectivity index (χ1n) is 5.40. The van der Waals surface area contributed by atoms with Crippen molar-refractivity contribution in [2.24, 2.45) is 0 Å². The topological polar surface area (TPSA) is 21.3 Å². The molecule has 0 bridgehead atoms. The number of benzene rings is 1. The molecule has 94 valence electrons. The zero-order valence-corrected chi connectivity index (χ0v) is 9.47. The van der Waals surface area contributed by atoms with Gasteiger partial charge in [0, 0.05) is 13.1 Å². The smallest absolute Gasteiger partial charge is 0.368 e. The summed E-state index contributed by atoms with van der Waals surface area (Å²) < 4.78 is 43.6. The number of nitrogens with one attached hydrogen (secondary N) is 1. The molecular weight excluding hydrogens is 231 g/mol. The molecule has 17 heavy (non-hydrogen) atoms. The summed E-state index contributed by atoms with van der Waals surface area (Å²) >= 11 is 0. The zero-order valence-electron chi connectivity index (χ0n) is 9.47. The predicted octanol–water partition coefficient (Wildman–Crippen LogP) is 2.58. The Bertz CT molecular complexity index is 399. The van der Waals surface area contributed by atoms with Gasteiger partial charge in [0.05, 0.1) is 17.8 Å². The molecule has 0 atom stereocenters. The monoisotopic (exact) mass is 245 g/mol. The maximum Gasteiger partial charge on any atom is 0.416 e. The minimum absolute atomic E-state index is 0.00609. The quantitative estimate of drug-likeness (QED) is 0.883. The van der Waals surface area contributed by atoms with Crippen LogP contribution in [0.4, 0.5) is 13.2 Å². The van der Waals surface area contributed by atoms with E-state index in [4.69, 9.17) is 4.74 Å². The maximum absolute atomic E-state index is 12.7. The van der Waals surface area contributed by atoms with Crippen LogP contribution in [0.25, 0.3) is 0 Å². The molecule has 1 aliphatic rings. The zero-order chi connectivity index (χ0) is 12.5. The SMILES string of the molecule is CC1(OCc2ccccc2C(F)(F)F)CNC1. The molecule has 5 heteroatoms. The highest BCUT2D eigenvalue weighted by Crippen LogP contribution is 2.32. The molecule has 2 rings (SSSR count). The van der Waals surface area contributed by atoms with E-state index in [9.17, 15) is 13.2 Å².